The number of ether oxygens (including phenoxy) is 1. The minimum absolute atomic E-state index is 0.147. The van der Waals surface area contributed by atoms with Gasteiger partial charge in [0.25, 0.3) is 5.91 Å². The molecule has 1 amide bonds. The van der Waals surface area contributed by atoms with Crippen LogP contribution in [0.4, 0.5) is 5.69 Å². The summed E-state index contributed by atoms with van der Waals surface area (Å²) >= 11 is 0. The quantitative estimate of drug-likeness (QED) is 0.631. The highest BCUT2D eigenvalue weighted by Gasteiger charge is 2.11. The Labute approximate surface area is 158 Å². The topological polar surface area (TPSA) is 71.7 Å². The maximum absolute atomic E-state index is 12.7. The lowest BCUT2D eigenvalue weighted by Gasteiger charge is -2.11. The molecule has 1 heterocycles. The van der Waals surface area contributed by atoms with Gasteiger partial charge >= 0.3 is 0 Å². The first kappa shape index (κ1) is 18.7. The van der Waals surface area contributed by atoms with Crippen molar-refractivity contribution < 1.29 is 19.1 Å². The standard InChI is InChI=1S/C22H23NO4/c1-3-11-26-18-6-4-5-17(12-18)22(25)23-20-13-16(8-7-15(20)2)21-10-9-19(14-24)27-21/h4-10,12-13,24H,3,11,14H2,1-2H3,(H,23,25). The molecular formula is C22H23NO4. The molecule has 0 aliphatic rings. The molecule has 0 fully saturated rings. The molecule has 0 spiro atoms. The van der Waals surface area contributed by atoms with Gasteiger partial charge in [-0.15, -0.1) is 0 Å². The lowest BCUT2D eigenvalue weighted by Crippen LogP contribution is -2.13. The Bertz CT molecular complexity index is 930. The van der Waals surface area contributed by atoms with E-state index in [-0.39, 0.29) is 12.5 Å². The van der Waals surface area contributed by atoms with Gasteiger partial charge in [0.1, 0.15) is 23.9 Å². The number of aliphatic hydroxyl groups excluding tert-OH is 1. The van der Waals surface area contributed by atoms with Gasteiger partial charge in [0.2, 0.25) is 0 Å². The lowest BCUT2D eigenvalue weighted by atomic mass is 10.1. The molecule has 5 heteroatoms. The van der Waals surface area contributed by atoms with E-state index >= 15 is 0 Å². The lowest BCUT2D eigenvalue weighted by molar-refractivity contribution is 0.102. The Kier molecular flexibility index (Phi) is 5.94. The molecule has 0 radical (unpaired) electrons. The molecule has 0 bridgehead atoms. The number of carbonyl (C=O) groups is 1. The van der Waals surface area contributed by atoms with Crippen LogP contribution in [0.15, 0.2) is 59.0 Å². The smallest absolute Gasteiger partial charge is 0.255 e. The molecule has 3 rings (SSSR count). The highest BCUT2D eigenvalue weighted by molar-refractivity contribution is 6.05. The van der Waals surface area contributed by atoms with Crippen molar-refractivity contribution in [2.75, 3.05) is 11.9 Å². The number of aryl methyl sites for hydroxylation is 1. The van der Waals surface area contributed by atoms with Crippen LogP contribution in [0.3, 0.4) is 0 Å². The van der Waals surface area contributed by atoms with Gasteiger partial charge in [-0.3, -0.25) is 4.79 Å². The summed E-state index contributed by atoms with van der Waals surface area (Å²) < 4.78 is 11.2. The van der Waals surface area contributed by atoms with Gasteiger partial charge in [0.05, 0.1) is 6.61 Å². The first-order chi connectivity index (χ1) is 13.1. The SMILES string of the molecule is CCCOc1cccc(C(=O)Nc2cc(-c3ccc(CO)o3)ccc2C)c1. The van der Waals surface area contributed by atoms with Crippen molar-refractivity contribution in [1.29, 1.82) is 0 Å². The summed E-state index contributed by atoms with van der Waals surface area (Å²) in [6.07, 6.45) is 0.910. The number of anilines is 1. The van der Waals surface area contributed by atoms with Gasteiger partial charge in [-0.25, -0.2) is 0 Å². The average molecular weight is 365 g/mol. The number of carbonyl (C=O) groups excluding carboxylic acids is 1. The Morgan fingerprint density at radius 1 is 1.15 bits per heavy atom. The molecule has 140 valence electrons. The average Bonchev–Trinajstić information content (AvgIpc) is 3.17. The van der Waals surface area contributed by atoms with Crippen LogP contribution in [0.5, 0.6) is 5.75 Å². The summed E-state index contributed by atoms with van der Waals surface area (Å²) in [6.45, 7) is 4.44. The van der Waals surface area contributed by atoms with Crippen molar-refractivity contribution in [3.8, 4) is 17.1 Å². The monoisotopic (exact) mass is 365 g/mol. The van der Waals surface area contributed by atoms with Crippen molar-refractivity contribution in [3.63, 3.8) is 0 Å². The first-order valence-electron chi connectivity index (χ1n) is 8.95. The summed E-state index contributed by atoms with van der Waals surface area (Å²) in [7, 11) is 0. The van der Waals surface area contributed by atoms with Crippen molar-refractivity contribution in [1.82, 2.24) is 0 Å². The first-order valence-corrected chi connectivity index (χ1v) is 8.95. The number of hydrogen-bond acceptors (Lipinski definition) is 4. The van der Waals surface area contributed by atoms with Crippen molar-refractivity contribution in [2.45, 2.75) is 26.9 Å². The second-order valence-corrected chi connectivity index (χ2v) is 6.28. The Balaban J connectivity index is 1.80. The number of furan rings is 1. The van der Waals surface area contributed by atoms with Crippen LogP contribution in [-0.4, -0.2) is 17.6 Å². The van der Waals surface area contributed by atoms with E-state index in [4.69, 9.17) is 14.3 Å². The normalized spacial score (nSPS) is 10.6. The molecule has 3 aromatic rings. The maximum Gasteiger partial charge on any atom is 0.255 e. The number of amides is 1. The van der Waals surface area contributed by atoms with E-state index < -0.39 is 0 Å². The van der Waals surface area contributed by atoms with Crippen molar-refractivity contribution in [3.05, 3.63) is 71.5 Å². The third-order valence-corrected chi connectivity index (χ3v) is 4.16. The number of benzene rings is 2. The van der Waals surface area contributed by atoms with Gasteiger partial charge < -0.3 is 19.6 Å². The van der Waals surface area contributed by atoms with Crippen LogP contribution in [-0.2, 0) is 6.61 Å². The van der Waals surface area contributed by atoms with Gasteiger partial charge in [-0.2, -0.15) is 0 Å². The van der Waals surface area contributed by atoms with Crippen LogP contribution in [0.2, 0.25) is 0 Å². The molecular weight excluding hydrogens is 342 g/mol. The summed E-state index contributed by atoms with van der Waals surface area (Å²) in [5.74, 6) is 1.62. The molecule has 0 unspecified atom stereocenters. The van der Waals surface area contributed by atoms with E-state index in [1.54, 1.807) is 24.3 Å². The van der Waals surface area contributed by atoms with E-state index in [1.807, 2.05) is 44.2 Å². The summed E-state index contributed by atoms with van der Waals surface area (Å²) in [6, 6.07) is 16.4. The van der Waals surface area contributed by atoms with Gasteiger partial charge in [0.15, 0.2) is 0 Å². The van der Waals surface area contributed by atoms with Crippen LogP contribution >= 0.6 is 0 Å². The van der Waals surface area contributed by atoms with E-state index in [2.05, 4.69) is 5.32 Å². The van der Waals surface area contributed by atoms with Crippen molar-refractivity contribution >= 4 is 11.6 Å². The highest BCUT2D eigenvalue weighted by atomic mass is 16.5. The minimum Gasteiger partial charge on any atom is -0.494 e. The fourth-order valence-corrected chi connectivity index (χ4v) is 2.67. The fraction of sp³-hybridized carbons (Fsp3) is 0.227. The van der Waals surface area contributed by atoms with Crippen LogP contribution in [0, 0.1) is 6.92 Å². The summed E-state index contributed by atoms with van der Waals surface area (Å²) in [4.78, 5) is 12.7. The molecule has 0 saturated heterocycles. The van der Waals surface area contributed by atoms with Crippen LogP contribution in [0.25, 0.3) is 11.3 Å². The predicted molar refractivity (Wildman–Crippen MR) is 105 cm³/mol. The van der Waals surface area contributed by atoms with E-state index in [0.717, 1.165) is 17.5 Å². The number of hydrogen-bond donors (Lipinski definition) is 2. The summed E-state index contributed by atoms with van der Waals surface area (Å²) in [5, 5.41) is 12.1. The van der Waals surface area contributed by atoms with Crippen LogP contribution in [0.1, 0.15) is 35.0 Å². The molecule has 5 nitrogen and oxygen atoms in total. The highest BCUT2D eigenvalue weighted by Crippen LogP contribution is 2.27. The Morgan fingerprint density at radius 2 is 2.00 bits per heavy atom. The summed E-state index contributed by atoms with van der Waals surface area (Å²) in [5.41, 5.74) is 3.02. The molecule has 2 aromatic carbocycles. The zero-order chi connectivity index (χ0) is 19.2. The largest absolute Gasteiger partial charge is 0.494 e. The van der Waals surface area contributed by atoms with Gasteiger partial charge in [-0.05, 0) is 55.3 Å². The number of aliphatic hydroxyl groups is 1. The second-order valence-electron chi connectivity index (χ2n) is 6.28. The van der Waals surface area contributed by atoms with E-state index in [9.17, 15) is 4.79 Å². The third-order valence-electron chi connectivity index (χ3n) is 4.16. The molecule has 0 atom stereocenters. The van der Waals surface area contributed by atoms with Crippen LogP contribution < -0.4 is 10.1 Å². The van der Waals surface area contributed by atoms with E-state index in [1.165, 1.54) is 0 Å². The Hall–Kier alpha value is -3.05. The Morgan fingerprint density at radius 3 is 2.74 bits per heavy atom. The second kappa shape index (κ2) is 8.56. The molecule has 0 saturated carbocycles. The fourth-order valence-electron chi connectivity index (χ4n) is 2.67. The third kappa shape index (κ3) is 4.57. The number of nitrogens with one attached hydrogen (secondary N) is 1. The minimum atomic E-state index is -0.201. The zero-order valence-electron chi connectivity index (χ0n) is 15.5. The maximum atomic E-state index is 12.7. The molecule has 0 aliphatic carbocycles. The predicted octanol–water partition coefficient (Wildman–Crippen LogP) is 4.79. The molecule has 0 aliphatic heterocycles. The van der Waals surface area contributed by atoms with Gasteiger partial charge in [0, 0.05) is 16.8 Å². The molecule has 2 N–H and O–H groups in total. The van der Waals surface area contributed by atoms with Crippen molar-refractivity contribution in [2.24, 2.45) is 0 Å². The molecule has 27 heavy (non-hydrogen) atoms. The van der Waals surface area contributed by atoms with E-state index in [0.29, 0.717) is 35.1 Å². The zero-order valence-corrected chi connectivity index (χ0v) is 15.5. The van der Waals surface area contributed by atoms with Gasteiger partial charge in [-0.1, -0.05) is 25.1 Å². The number of rotatable bonds is 7. The molecule has 1 aromatic heterocycles.